The molecule has 0 radical (unpaired) electrons. The second kappa shape index (κ2) is 21.5. The number of likely N-dealkylation sites (tertiary alicyclic amines) is 2. The Morgan fingerprint density at radius 3 is 1.61 bits per heavy atom. The Bertz CT molecular complexity index is 2480. The van der Waals surface area contributed by atoms with E-state index < -0.39 is 0 Å². The molecule has 0 saturated carbocycles. The van der Waals surface area contributed by atoms with Crippen molar-refractivity contribution < 1.29 is 19.1 Å². The van der Waals surface area contributed by atoms with E-state index in [4.69, 9.17) is 15.2 Å². The van der Waals surface area contributed by atoms with Crippen molar-refractivity contribution in [3.63, 3.8) is 0 Å². The van der Waals surface area contributed by atoms with Crippen LogP contribution in [0.5, 0.6) is 11.5 Å². The third-order valence-corrected chi connectivity index (χ3v) is 11.6. The van der Waals surface area contributed by atoms with Gasteiger partial charge in [-0.25, -0.2) is 0 Å². The normalized spacial score (nSPS) is 15.0. The van der Waals surface area contributed by atoms with Crippen LogP contribution >= 0.6 is 0 Å². The summed E-state index contributed by atoms with van der Waals surface area (Å²) in [5.41, 5.74) is 8.82. The van der Waals surface area contributed by atoms with E-state index >= 15 is 0 Å². The highest BCUT2D eigenvalue weighted by Gasteiger charge is 2.21. The quantitative estimate of drug-likeness (QED) is 0.137. The minimum absolute atomic E-state index is 0.182. The predicted molar refractivity (Wildman–Crippen MR) is 241 cm³/mol. The summed E-state index contributed by atoms with van der Waals surface area (Å²) in [7, 11) is 6.31. The summed E-state index contributed by atoms with van der Waals surface area (Å²) in [5, 5.41) is 10.2. The molecule has 0 spiro atoms. The Morgan fingerprint density at radius 2 is 1.15 bits per heavy atom. The molecule has 5 N–H and O–H groups in total. The van der Waals surface area contributed by atoms with Crippen LogP contribution in [0.4, 0.5) is 0 Å². The van der Waals surface area contributed by atoms with Crippen molar-refractivity contribution in [1.82, 2.24) is 34.9 Å². The minimum atomic E-state index is -0.271. The van der Waals surface area contributed by atoms with Gasteiger partial charge in [-0.05, 0) is 88.3 Å². The van der Waals surface area contributed by atoms with Gasteiger partial charge in [0.2, 0.25) is 0 Å². The lowest BCUT2D eigenvalue weighted by atomic mass is 10.0. The van der Waals surface area contributed by atoms with E-state index in [0.717, 1.165) is 81.3 Å². The molecule has 322 valence electrons. The Labute approximate surface area is 357 Å². The largest absolute Gasteiger partial charge is 0.497 e. The van der Waals surface area contributed by atoms with Crippen molar-refractivity contribution >= 4 is 33.6 Å². The highest BCUT2D eigenvalue weighted by atomic mass is 16.5. The number of carbonyl (C=O) groups is 2. The third-order valence-electron chi connectivity index (χ3n) is 11.6. The zero-order valence-corrected chi connectivity index (χ0v) is 35.7. The van der Waals surface area contributed by atoms with Crippen molar-refractivity contribution in [3.05, 3.63) is 116 Å². The fourth-order valence-electron chi connectivity index (χ4n) is 7.96. The average Bonchev–Trinajstić information content (AvgIpc) is 3.30. The summed E-state index contributed by atoms with van der Waals surface area (Å²) < 4.78 is 14.1. The maximum atomic E-state index is 12.9. The number of nitrogens with one attached hydrogen (secondary N) is 3. The van der Waals surface area contributed by atoms with Crippen molar-refractivity contribution in [2.45, 2.75) is 50.9 Å². The summed E-state index contributed by atoms with van der Waals surface area (Å²) in [6.07, 6.45) is 4.07. The summed E-state index contributed by atoms with van der Waals surface area (Å²) >= 11 is 0. The van der Waals surface area contributed by atoms with Gasteiger partial charge in [0, 0.05) is 93.0 Å². The standard InChI is InChI=1S/C28H32N4O3.C19H26N4O3/c1-29-28(34)25-20-27(33)32(26-19-23(35-2)10-11-24(25)26)18-17-31-15-12-22(13-16-31)30-14-6-9-21-7-4-3-5-8-21;1-21-19(25)16-12-18(24)23(10-9-22-7-5-13(20)6-8-22)17-11-14(26-2)3-4-15(16)17/h3-5,7-8,10-11,19-20,22,30H,12-18H2,1-2H3,(H,29,34);3-4,11-13H,5-10,20H2,1-2H3,(H,21,25). The molecule has 4 heterocycles. The Balaban J connectivity index is 0.000000213. The van der Waals surface area contributed by atoms with E-state index in [2.05, 4.69) is 37.6 Å². The van der Waals surface area contributed by atoms with Crippen LogP contribution in [0, 0.1) is 11.8 Å². The van der Waals surface area contributed by atoms with E-state index in [0.29, 0.717) is 59.3 Å². The number of methoxy groups -OCH3 is 2. The Hall–Kier alpha value is -5.98. The smallest absolute Gasteiger partial charge is 0.251 e. The first kappa shape index (κ1) is 44.6. The molecule has 0 bridgehead atoms. The highest BCUT2D eigenvalue weighted by Crippen LogP contribution is 2.25. The van der Waals surface area contributed by atoms with Gasteiger partial charge in [0.25, 0.3) is 22.9 Å². The molecule has 2 fully saturated rings. The molecule has 14 heteroatoms. The SMILES string of the molecule is CNC(=O)c1cc(=O)n(CCN2CCC(N)CC2)c2cc(OC)ccc12.CNC(=O)c1cc(=O)n(CCN2CCC(NCC#Cc3ccccc3)CC2)c2cc(OC)ccc12. The number of piperidine rings is 2. The molecule has 2 amide bonds. The number of ether oxygens (including phenoxy) is 2. The summed E-state index contributed by atoms with van der Waals surface area (Å²) in [4.78, 5) is 54.9. The van der Waals surface area contributed by atoms with Gasteiger partial charge < -0.3 is 50.1 Å². The number of aromatic nitrogens is 2. The maximum Gasteiger partial charge on any atom is 0.251 e. The van der Waals surface area contributed by atoms with E-state index in [9.17, 15) is 19.2 Å². The molecule has 2 aromatic heterocycles. The van der Waals surface area contributed by atoms with Crippen LogP contribution in [-0.4, -0.2) is 117 Å². The number of rotatable bonds is 12. The second-order valence-corrected chi connectivity index (χ2v) is 15.4. The first-order valence-corrected chi connectivity index (χ1v) is 21.0. The number of pyridine rings is 2. The fraction of sp³-hybridized carbons (Fsp3) is 0.404. The van der Waals surface area contributed by atoms with Crippen molar-refractivity contribution in [2.24, 2.45) is 5.73 Å². The highest BCUT2D eigenvalue weighted by molar-refractivity contribution is 6.07. The number of benzene rings is 3. The molecule has 7 rings (SSSR count). The number of hydrogen-bond donors (Lipinski definition) is 4. The molecule has 2 aliphatic heterocycles. The van der Waals surface area contributed by atoms with Gasteiger partial charge in [0.05, 0.1) is 42.9 Å². The van der Waals surface area contributed by atoms with Gasteiger partial charge in [-0.1, -0.05) is 30.0 Å². The second-order valence-electron chi connectivity index (χ2n) is 15.4. The Kier molecular flexibility index (Phi) is 15.7. The zero-order chi connectivity index (χ0) is 43.3. The third kappa shape index (κ3) is 11.4. The van der Waals surface area contributed by atoms with E-state index in [1.165, 1.54) is 12.1 Å². The van der Waals surface area contributed by atoms with Crippen molar-refractivity contribution in [1.29, 1.82) is 0 Å². The van der Waals surface area contributed by atoms with Crippen LogP contribution in [0.1, 0.15) is 52.0 Å². The molecule has 14 nitrogen and oxygen atoms in total. The van der Waals surface area contributed by atoms with E-state index in [1.54, 1.807) is 43.5 Å². The molecule has 3 aromatic carbocycles. The van der Waals surface area contributed by atoms with Crippen LogP contribution in [0.3, 0.4) is 0 Å². The molecule has 0 aliphatic carbocycles. The minimum Gasteiger partial charge on any atom is -0.497 e. The van der Waals surface area contributed by atoms with Gasteiger partial charge in [-0.2, -0.15) is 0 Å². The van der Waals surface area contributed by atoms with Crippen LogP contribution in [0.15, 0.2) is 88.5 Å². The lowest BCUT2D eigenvalue weighted by molar-refractivity contribution is 0.0956. The number of fused-ring (bicyclic) bond motifs is 2. The number of amides is 2. The lowest BCUT2D eigenvalue weighted by Gasteiger charge is -2.32. The van der Waals surface area contributed by atoms with Crippen molar-refractivity contribution in [2.75, 3.05) is 74.1 Å². The number of nitrogens with two attached hydrogens (primary N) is 1. The van der Waals surface area contributed by atoms with Gasteiger partial charge in [0.15, 0.2) is 0 Å². The summed E-state index contributed by atoms with van der Waals surface area (Å²) in [6, 6.07) is 24.5. The number of hydrogen-bond acceptors (Lipinski definition) is 10. The predicted octanol–water partition coefficient (Wildman–Crippen LogP) is 3.27. The molecule has 2 saturated heterocycles. The first-order valence-electron chi connectivity index (χ1n) is 21.0. The zero-order valence-electron chi connectivity index (χ0n) is 35.7. The summed E-state index contributed by atoms with van der Waals surface area (Å²) in [5.74, 6) is 7.16. The topological polar surface area (TPSA) is 165 Å². The summed E-state index contributed by atoms with van der Waals surface area (Å²) in [6.45, 7) is 7.18. The number of carbonyl (C=O) groups excluding carboxylic acids is 2. The van der Waals surface area contributed by atoms with Gasteiger partial charge in [-0.3, -0.25) is 19.2 Å². The first-order chi connectivity index (χ1) is 29.6. The lowest BCUT2D eigenvalue weighted by Crippen LogP contribution is -2.44. The average molecular weight is 831 g/mol. The van der Waals surface area contributed by atoms with Crippen LogP contribution in [-0.2, 0) is 13.1 Å². The van der Waals surface area contributed by atoms with E-state index in [-0.39, 0.29) is 29.0 Å². The van der Waals surface area contributed by atoms with E-state index in [1.807, 2.05) is 60.7 Å². The van der Waals surface area contributed by atoms with Gasteiger partial charge in [0.1, 0.15) is 11.5 Å². The molecule has 61 heavy (non-hydrogen) atoms. The monoisotopic (exact) mass is 830 g/mol. The molecular weight excluding hydrogens is 773 g/mol. The van der Waals surface area contributed by atoms with Crippen LogP contribution in [0.25, 0.3) is 21.8 Å². The fourth-order valence-corrected chi connectivity index (χ4v) is 7.96. The van der Waals surface area contributed by atoms with Gasteiger partial charge in [-0.15, -0.1) is 0 Å². The molecular formula is C47H58N8O6. The number of nitrogens with zero attached hydrogens (tertiary/aromatic N) is 4. The molecule has 0 atom stereocenters. The van der Waals surface area contributed by atoms with Crippen LogP contribution in [0.2, 0.25) is 0 Å². The van der Waals surface area contributed by atoms with Crippen molar-refractivity contribution in [3.8, 4) is 23.3 Å². The molecule has 2 aliphatic rings. The maximum absolute atomic E-state index is 12.9. The molecule has 0 unspecified atom stereocenters. The Morgan fingerprint density at radius 1 is 0.672 bits per heavy atom. The van der Waals surface area contributed by atoms with Crippen LogP contribution < -0.4 is 42.3 Å². The van der Waals surface area contributed by atoms with Gasteiger partial charge >= 0.3 is 0 Å². The molecule has 5 aromatic rings.